The van der Waals surface area contributed by atoms with Crippen molar-refractivity contribution >= 4 is 5.97 Å². The van der Waals surface area contributed by atoms with Crippen molar-refractivity contribution in [3.8, 4) is 34.5 Å². The number of hydrogen-bond acceptors (Lipinski definition) is 8. The molecule has 0 atom stereocenters. The summed E-state index contributed by atoms with van der Waals surface area (Å²) in [6.07, 6.45) is 1.44. The van der Waals surface area contributed by atoms with Crippen LogP contribution in [0.25, 0.3) is 0 Å². The van der Waals surface area contributed by atoms with Crippen LogP contribution in [0.2, 0.25) is 0 Å². The van der Waals surface area contributed by atoms with Crippen molar-refractivity contribution in [3.05, 3.63) is 35.4 Å². The molecule has 1 saturated heterocycles. The number of methoxy groups -OCH3 is 6. The second-order valence-corrected chi connectivity index (χ2v) is 7.76. The summed E-state index contributed by atoms with van der Waals surface area (Å²) >= 11 is 0. The predicted octanol–water partition coefficient (Wildman–Crippen LogP) is 3.46. The van der Waals surface area contributed by atoms with E-state index in [-0.39, 0.29) is 5.97 Å². The molecule has 174 valence electrons. The highest BCUT2D eigenvalue weighted by Gasteiger charge is 2.41. The summed E-state index contributed by atoms with van der Waals surface area (Å²) in [6.45, 7) is 0.305. The van der Waals surface area contributed by atoms with E-state index in [1.165, 1.54) is 0 Å². The van der Waals surface area contributed by atoms with E-state index >= 15 is 0 Å². The molecule has 8 nitrogen and oxygen atoms in total. The van der Waals surface area contributed by atoms with Crippen LogP contribution in [0, 0.1) is 5.41 Å². The molecule has 0 radical (unpaired) electrons. The molecule has 1 aliphatic heterocycles. The molecule has 0 amide bonds. The highest BCUT2D eigenvalue weighted by atomic mass is 16.5. The summed E-state index contributed by atoms with van der Waals surface area (Å²) < 4.78 is 38.2. The first kappa shape index (κ1) is 23.4. The van der Waals surface area contributed by atoms with Gasteiger partial charge in [-0.15, -0.1) is 0 Å². The summed E-state index contributed by atoms with van der Waals surface area (Å²) in [5.41, 5.74) is 1.45. The van der Waals surface area contributed by atoms with Gasteiger partial charge < -0.3 is 33.2 Å². The van der Waals surface area contributed by atoms with Gasteiger partial charge in [-0.3, -0.25) is 4.79 Å². The molecule has 0 saturated carbocycles. The molecule has 0 spiro atoms. The fraction of sp³-hybridized carbons (Fsp3) is 0.458. The first-order chi connectivity index (χ1) is 15.4. The molecule has 3 rings (SSSR count). The Morgan fingerprint density at radius 3 is 1.31 bits per heavy atom. The van der Waals surface area contributed by atoms with Crippen LogP contribution in [0.3, 0.4) is 0 Å². The summed E-state index contributed by atoms with van der Waals surface area (Å²) in [6, 6.07) is 7.62. The second kappa shape index (κ2) is 9.89. The zero-order valence-electron chi connectivity index (χ0n) is 19.4. The number of carbonyl (C=O) groups excluding carboxylic acids is 1. The third-order valence-electron chi connectivity index (χ3n) is 5.67. The van der Waals surface area contributed by atoms with Gasteiger partial charge in [-0.1, -0.05) is 0 Å². The van der Waals surface area contributed by atoms with Crippen LogP contribution in [0.4, 0.5) is 0 Å². The molecule has 1 fully saturated rings. The molecule has 0 N–H and O–H groups in total. The van der Waals surface area contributed by atoms with Crippen LogP contribution in [0.1, 0.15) is 17.5 Å². The molecular weight excluding hydrogens is 416 g/mol. The van der Waals surface area contributed by atoms with Crippen molar-refractivity contribution in [2.45, 2.75) is 19.3 Å². The smallest absolute Gasteiger partial charge is 0.306 e. The standard InChI is InChI=1S/C24H30O8/c1-26-17-7-15(8-18(27-2)22(17)30-5)11-24(13-21(25)32-14-24)12-16-9-19(28-3)23(31-6)20(10-16)29-4/h7-10H,11-14H2,1-6H3. The minimum absolute atomic E-state index is 0.218. The molecule has 1 heterocycles. The average Bonchev–Trinajstić information content (AvgIpc) is 3.16. The number of cyclic esters (lactones) is 1. The maximum Gasteiger partial charge on any atom is 0.306 e. The quantitative estimate of drug-likeness (QED) is 0.514. The predicted molar refractivity (Wildman–Crippen MR) is 118 cm³/mol. The molecule has 0 bridgehead atoms. The van der Waals surface area contributed by atoms with Gasteiger partial charge in [0.1, 0.15) is 0 Å². The molecular formula is C24H30O8. The van der Waals surface area contributed by atoms with E-state index in [4.69, 9.17) is 33.2 Å². The lowest BCUT2D eigenvalue weighted by Crippen LogP contribution is -2.27. The molecule has 32 heavy (non-hydrogen) atoms. The Labute approximate surface area is 188 Å². The van der Waals surface area contributed by atoms with Crippen LogP contribution >= 0.6 is 0 Å². The van der Waals surface area contributed by atoms with E-state index in [0.717, 1.165) is 11.1 Å². The van der Waals surface area contributed by atoms with E-state index < -0.39 is 5.41 Å². The molecule has 0 unspecified atom stereocenters. The van der Waals surface area contributed by atoms with E-state index in [1.54, 1.807) is 42.7 Å². The van der Waals surface area contributed by atoms with E-state index in [0.29, 0.717) is 60.4 Å². The zero-order chi connectivity index (χ0) is 23.3. The molecule has 1 aliphatic rings. The maximum atomic E-state index is 12.2. The summed E-state index contributed by atoms with van der Waals surface area (Å²) in [5.74, 6) is 3.09. The molecule has 8 heteroatoms. The van der Waals surface area contributed by atoms with E-state index in [9.17, 15) is 4.79 Å². The largest absolute Gasteiger partial charge is 0.493 e. The number of ether oxygens (including phenoxy) is 7. The van der Waals surface area contributed by atoms with Gasteiger partial charge in [-0.25, -0.2) is 0 Å². The van der Waals surface area contributed by atoms with Gasteiger partial charge in [-0.2, -0.15) is 0 Å². The van der Waals surface area contributed by atoms with Gasteiger partial charge in [0.25, 0.3) is 0 Å². The number of rotatable bonds is 10. The zero-order valence-corrected chi connectivity index (χ0v) is 19.4. The van der Waals surface area contributed by atoms with Crippen molar-refractivity contribution in [3.63, 3.8) is 0 Å². The molecule has 2 aromatic rings. The Hall–Kier alpha value is -3.29. The SMILES string of the molecule is COc1cc(CC2(Cc3cc(OC)c(OC)c(OC)c3)COC(=O)C2)cc(OC)c1OC. The second-order valence-electron chi connectivity index (χ2n) is 7.76. The van der Waals surface area contributed by atoms with Gasteiger partial charge in [0, 0.05) is 5.41 Å². The van der Waals surface area contributed by atoms with Crippen molar-refractivity contribution in [2.75, 3.05) is 49.3 Å². The van der Waals surface area contributed by atoms with Crippen molar-refractivity contribution < 1.29 is 38.0 Å². The topological polar surface area (TPSA) is 81.7 Å². The summed E-state index contributed by atoms with van der Waals surface area (Å²) in [4.78, 5) is 12.2. The average molecular weight is 446 g/mol. The Kier molecular flexibility index (Phi) is 7.22. The number of carbonyl (C=O) groups is 1. The third-order valence-corrected chi connectivity index (χ3v) is 5.67. The third kappa shape index (κ3) is 4.64. The van der Waals surface area contributed by atoms with Crippen molar-refractivity contribution in [1.82, 2.24) is 0 Å². The highest BCUT2D eigenvalue weighted by molar-refractivity contribution is 5.73. The number of esters is 1. The Morgan fingerprint density at radius 2 is 1.06 bits per heavy atom. The fourth-order valence-electron chi connectivity index (χ4n) is 4.27. The lowest BCUT2D eigenvalue weighted by atomic mass is 9.75. The minimum atomic E-state index is -0.452. The van der Waals surface area contributed by atoms with Crippen LogP contribution in [-0.2, 0) is 22.4 Å². The monoisotopic (exact) mass is 446 g/mol. The molecule has 0 aliphatic carbocycles. The van der Waals surface area contributed by atoms with Gasteiger partial charge in [-0.05, 0) is 48.2 Å². The van der Waals surface area contributed by atoms with E-state index in [2.05, 4.69) is 0 Å². The van der Waals surface area contributed by atoms with Crippen LogP contribution in [0.5, 0.6) is 34.5 Å². The van der Waals surface area contributed by atoms with Crippen LogP contribution in [-0.4, -0.2) is 55.2 Å². The first-order valence-electron chi connectivity index (χ1n) is 10.2. The van der Waals surface area contributed by atoms with Crippen molar-refractivity contribution in [2.24, 2.45) is 5.41 Å². The lowest BCUT2D eigenvalue weighted by Gasteiger charge is -2.27. The van der Waals surface area contributed by atoms with Gasteiger partial charge >= 0.3 is 5.97 Å². The Morgan fingerprint density at radius 1 is 0.688 bits per heavy atom. The molecule has 0 aromatic heterocycles. The van der Waals surface area contributed by atoms with Crippen LogP contribution < -0.4 is 28.4 Å². The van der Waals surface area contributed by atoms with Gasteiger partial charge in [0.05, 0.1) is 55.7 Å². The maximum absolute atomic E-state index is 12.2. The molecule has 2 aromatic carbocycles. The van der Waals surface area contributed by atoms with Gasteiger partial charge in [0.2, 0.25) is 11.5 Å². The number of benzene rings is 2. The Balaban J connectivity index is 2.00. The number of hydrogen-bond donors (Lipinski definition) is 0. The normalized spacial score (nSPS) is 14.5. The van der Waals surface area contributed by atoms with Crippen LogP contribution in [0.15, 0.2) is 24.3 Å². The van der Waals surface area contributed by atoms with Crippen molar-refractivity contribution in [1.29, 1.82) is 0 Å². The minimum Gasteiger partial charge on any atom is -0.493 e. The first-order valence-corrected chi connectivity index (χ1v) is 10.2. The highest BCUT2D eigenvalue weighted by Crippen LogP contribution is 2.45. The summed E-state index contributed by atoms with van der Waals surface area (Å²) in [7, 11) is 9.44. The summed E-state index contributed by atoms with van der Waals surface area (Å²) in [5, 5.41) is 0. The van der Waals surface area contributed by atoms with Gasteiger partial charge in [0.15, 0.2) is 23.0 Å². The lowest BCUT2D eigenvalue weighted by molar-refractivity contribution is -0.137. The Bertz CT molecular complexity index is 853. The fourth-order valence-corrected chi connectivity index (χ4v) is 4.27. The van der Waals surface area contributed by atoms with E-state index in [1.807, 2.05) is 24.3 Å².